The van der Waals surface area contributed by atoms with Crippen molar-refractivity contribution >= 4 is 11.8 Å². The average Bonchev–Trinajstić information content (AvgIpc) is 2.62. The van der Waals surface area contributed by atoms with Crippen LogP contribution in [0, 0.1) is 25.2 Å². The van der Waals surface area contributed by atoms with Crippen LogP contribution >= 0.6 is 0 Å². The molecule has 25 heavy (non-hydrogen) atoms. The summed E-state index contributed by atoms with van der Waals surface area (Å²) in [5.41, 5.74) is 2.20. The topological polar surface area (TPSA) is 49.4 Å². The van der Waals surface area contributed by atoms with Crippen molar-refractivity contribution in [3.05, 3.63) is 35.4 Å². The minimum absolute atomic E-state index is 0.0130. The highest BCUT2D eigenvalue weighted by Crippen LogP contribution is 2.25. The third-order valence-corrected chi connectivity index (χ3v) is 4.76. The van der Waals surface area contributed by atoms with Gasteiger partial charge in [0.2, 0.25) is 11.8 Å². The molecule has 1 aromatic carbocycles. The van der Waals surface area contributed by atoms with Crippen molar-refractivity contribution in [2.24, 2.45) is 5.92 Å². The lowest BCUT2D eigenvalue weighted by Crippen LogP contribution is -2.40. The van der Waals surface area contributed by atoms with Gasteiger partial charge in [0.05, 0.1) is 13.1 Å². The number of amides is 2. The predicted octanol–water partition coefficient (Wildman–Crippen LogP) is 3.04. The molecule has 0 spiro atoms. The first-order chi connectivity index (χ1) is 12.1. The van der Waals surface area contributed by atoms with Crippen molar-refractivity contribution in [3.8, 4) is 12.3 Å². The van der Waals surface area contributed by atoms with E-state index in [0.29, 0.717) is 18.9 Å². The fraction of sp³-hybridized carbons (Fsp3) is 0.524. The summed E-state index contributed by atoms with van der Waals surface area (Å²) in [6, 6.07) is 8.02. The van der Waals surface area contributed by atoms with E-state index in [-0.39, 0.29) is 24.9 Å². The number of hydrogen-bond acceptors (Lipinski definition) is 2. The Kier molecular flexibility index (Phi) is 7.53. The van der Waals surface area contributed by atoms with Crippen LogP contribution < -0.4 is 5.32 Å². The zero-order valence-electron chi connectivity index (χ0n) is 15.1. The molecule has 134 valence electrons. The van der Waals surface area contributed by atoms with Gasteiger partial charge in [-0.25, -0.2) is 0 Å². The highest BCUT2D eigenvalue weighted by atomic mass is 16.2. The fourth-order valence-electron chi connectivity index (χ4n) is 3.27. The number of rotatable bonds is 7. The maximum Gasteiger partial charge on any atom is 0.243 e. The molecule has 0 aliphatic heterocycles. The molecule has 0 saturated heterocycles. The number of carbonyl (C=O) groups excluding carboxylic acids is 2. The first-order valence-corrected chi connectivity index (χ1v) is 9.12. The normalized spacial score (nSPS) is 14.6. The Morgan fingerprint density at radius 2 is 1.88 bits per heavy atom. The average molecular weight is 340 g/mol. The van der Waals surface area contributed by atoms with Gasteiger partial charge in [-0.3, -0.25) is 9.59 Å². The summed E-state index contributed by atoms with van der Waals surface area (Å²) in [6.07, 6.45) is 11.9. The third kappa shape index (κ3) is 6.62. The second-order valence-corrected chi connectivity index (χ2v) is 6.92. The molecule has 0 bridgehead atoms. The van der Waals surface area contributed by atoms with Gasteiger partial charge in [0.25, 0.3) is 0 Å². The van der Waals surface area contributed by atoms with E-state index in [2.05, 4.69) is 11.2 Å². The SMILES string of the molecule is C#CCN(Cc1ccc(C)cc1)C(=O)CNC(=O)CC1CCCCC1. The molecule has 4 heteroatoms. The largest absolute Gasteiger partial charge is 0.347 e. The van der Waals surface area contributed by atoms with E-state index in [0.717, 1.165) is 18.4 Å². The molecule has 0 radical (unpaired) electrons. The van der Waals surface area contributed by atoms with Gasteiger partial charge in [0.15, 0.2) is 0 Å². The van der Waals surface area contributed by atoms with E-state index in [1.165, 1.54) is 24.8 Å². The van der Waals surface area contributed by atoms with E-state index in [4.69, 9.17) is 6.42 Å². The number of benzene rings is 1. The number of terminal acetylenes is 1. The van der Waals surface area contributed by atoms with Gasteiger partial charge in [0.1, 0.15) is 0 Å². The first kappa shape index (κ1) is 19.1. The maximum atomic E-state index is 12.4. The molecular weight excluding hydrogens is 312 g/mol. The van der Waals surface area contributed by atoms with Gasteiger partial charge in [-0.1, -0.05) is 55.0 Å². The highest BCUT2D eigenvalue weighted by Gasteiger charge is 2.18. The molecule has 4 nitrogen and oxygen atoms in total. The van der Waals surface area contributed by atoms with Crippen LogP contribution in [0.25, 0.3) is 0 Å². The zero-order chi connectivity index (χ0) is 18.1. The molecule has 2 amide bonds. The summed E-state index contributed by atoms with van der Waals surface area (Å²) in [5.74, 6) is 2.82. The van der Waals surface area contributed by atoms with Crippen LogP contribution in [0.5, 0.6) is 0 Å². The Morgan fingerprint density at radius 1 is 1.20 bits per heavy atom. The van der Waals surface area contributed by atoms with Crippen molar-refractivity contribution in [1.82, 2.24) is 10.2 Å². The summed E-state index contributed by atoms with van der Waals surface area (Å²) in [7, 11) is 0. The second-order valence-electron chi connectivity index (χ2n) is 6.92. The lowest BCUT2D eigenvalue weighted by molar-refractivity contribution is -0.133. The molecule has 1 N–H and O–H groups in total. The maximum absolute atomic E-state index is 12.4. The Hall–Kier alpha value is -2.28. The van der Waals surface area contributed by atoms with Crippen LogP contribution in [0.4, 0.5) is 0 Å². The quantitative estimate of drug-likeness (QED) is 0.776. The summed E-state index contributed by atoms with van der Waals surface area (Å²) >= 11 is 0. The van der Waals surface area contributed by atoms with Crippen molar-refractivity contribution in [3.63, 3.8) is 0 Å². The van der Waals surface area contributed by atoms with Crippen molar-refractivity contribution in [2.45, 2.75) is 52.0 Å². The number of nitrogens with zero attached hydrogens (tertiary/aromatic N) is 1. The molecule has 0 unspecified atom stereocenters. The van der Waals surface area contributed by atoms with Gasteiger partial charge in [0, 0.05) is 13.0 Å². The number of nitrogens with one attached hydrogen (secondary N) is 1. The van der Waals surface area contributed by atoms with Gasteiger partial charge in [-0.05, 0) is 31.2 Å². The van der Waals surface area contributed by atoms with Crippen LogP contribution in [0.3, 0.4) is 0 Å². The molecule has 1 aromatic rings. The fourth-order valence-corrected chi connectivity index (χ4v) is 3.27. The molecule has 1 aliphatic rings. The summed E-state index contributed by atoms with van der Waals surface area (Å²) in [4.78, 5) is 26.1. The van der Waals surface area contributed by atoms with Gasteiger partial charge in [-0.2, -0.15) is 0 Å². The van der Waals surface area contributed by atoms with Crippen LogP contribution in [0.2, 0.25) is 0 Å². The van der Waals surface area contributed by atoms with E-state index in [9.17, 15) is 9.59 Å². The smallest absolute Gasteiger partial charge is 0.243 e. The standard InChI is InChI=1S/C21H28N2O2/c1-3-13-23(16-19-11-9-17(2)10-12-19)21(25)15-22-20(24)14-18-7-5-4-6-8-18/h1,9-12,18H,4-8,13-16H2,2H3,(H,22,24). The van der Waals surface area contributed by atoms with Crippen LogP contribution in [0.1, 0.15) is 49.7 Å². The number of carbonyl (C=O) groups is 2. The van der Waals surface area contributed by atoms with E-state index >= 15 is 0 Å². The highest BCUT2D eigenvalue weighted by molar-refractivity contribution is 5.85. The van der Waals surface area contributed by atoms with Crippen LogP contribution in [-0.4, -0.2) is 29.8 Å². The number of aryl methyl sites for hydroxylation is 1. The molecule has 1 aliphatic carbocycles. The minimum atomic E-state index is -0.143. The summed E-state index contributed by atoms with van der Waals surface area (Å²) in [5, 5.41) is 2.76. The number of hydrogen-bond donors (Lipinski definition) is 1. The third-order valence-electron chi connectivity index (χ3n) is 4.76. The molecular formula is C21H28N2O2. The summed E-state index contributed by atoms with van der Waals surface area (Å²) in [6.45, 7) is 2.74. The van der Waals surface area contributed by atoms with Crippen molar-refractivity contribution in [2.75, 3.05) is 13.1 Å². The van der Waals surface area contributed by atoms with E-state index in [1.807, 2.05) is 31.2 Å². The van der Waals surface area contributed by atoms with Gasteiger partial charge in [-0.15, -0.1) is 6.42 Å². The van der Waals surface area contributed by atoms with Crippen molar-refractivity contribution < 1.29 is 9.59 Å². The molecule has 2 rings (SSSR count). The molecule has 0 aromatic heterocycles. The van der Waals surface area contributed by atoms with Gasteiger partial charge < -0.3 is 10.2 Å². The predicted molar refractivity (Wildman–Crippen MR) is 99.6 cm³/mol. The molecule has 1 saturated carbocycles. The lowest BCUT2D eigenvalue weighted by atomic mass is 9.87. The minimum Gasteiger partial charge on any atom is -0.347 e. The van der Waals surface area contributed by atoms with Gasteiger partial charge >= 0.3 is 0 Å². The van der Waals surface area contributed by atoms with Crippen LogP contribution in [-0.2, 0) is 16.1 Å². The Balaban J connectivity index is 1.81. The molecule has 0 heterocycles. The van der Waals surface area contributed by atoms with E-state index in [1.54, 1.807) is 4.90 Å². The Bertz CT molecular complexity index is 610. The lowest BCUT2D eigenvalue weighted by Gasteiger charge is -2.22. The Morgan fingerprint density at radius 3 is 2.52 bits per heavy atom. The molecule has 1 fully saturated rings. The van der Waals surface area contributed by atoms with Crippen molar-refractivity contribution in [1.29, 1.82) is 0 Å². The Labute approximate surface area is 151 Å². The van der Waals surface area contributed by atoms with Crippen LogP contribution in [0.15, 0.2) is 24.3 Å². The van der Waals surface area contributed by atoms with E-state index < -0.39 is 0 Å². The summed E-state index contributed by atoms with van der Waals surface area (Å²) < 4.78 is 0. The first-order valence-electron chi connectivity index (χ1n) is 9.12. The monoisotopic (exact) mass is 340 g/mol. The second kappa shape index (κ2) is 9.88. The zero-order valence-corrected chi connectivity index (χ0v) is 15.1. The molecule has 0 atom stereocenters.